The molecule has 5 aromatic rings. The summed E-state index contributed by atoms with van der Waals surface area (Å²) in [4.78, 5) is 4.23. The molecule has 0 saturated heterocycles. The van der Waals surface area contributed by atoms with E-state index in [-0.39, 0.29) is 17.3 Å². The summed E-state index contributed by atoms with van der Waals surface area (Å²) in [5.74, 6) is -1.76. The largest absolute Gasteiger partial charge is 0.383 e. The number of aromatic nitrogens is 7. The third-order valence-electron chi connectivity index (χ3n) is 4.56. The topological polar surface area (TPSA) is 111 Å². The summed E-state index contributed by atoms with van der Waals surface area (Å²) in [5, 5.41) is 19.2. The van der Waals surface area contributed by atoms with E-state index < -0.39 is 11.6 Å². The van der Waals surface area contributed by atoms with Gasteiger partial charge in [-0.05, 0) is 46.3 Å². The van der Waals surface area contributed by atoms with Crippen LogP contribution >= 0.6 is 0 Å². The Morgan fingerprint density at radius 1 is 1.00 bits per heavy atom. The van der Waals surface area contributed by atoms with Crippen LogP contribution in [-0.2, 0) is 0 Å². The Hall–Kier alpha value is -4.21. The number of hydrogen-bond donors (Lipinski definition) is 2. The Morgan fingerprint density at radius 3 is 2.79 bits per heavy atom. The molecule has 0 aliphatic heterocycles. The van der Waals surface area contributed by atoms with Gasteiger partial charge in [-0.15, -0.1) is 5.10 Å². The first-order chi connectivity index (χ1) is 14.1. The first-order valence-corrected chi connectivity index (χ1v) is 8.54. The highest BCUT2D eigenvalue weighted by atomic mass is 19.2. The number of nitrogens with two attached hydrogens (primary N) is 1. The highest BCUT2D eigenvalue weighted by molar-refractivity contribution is 5.85. The number of halogens is 2. The molecule has 0 aliphatic carbocycles. The zero-order chi connectivity index (χ0) is 20.0. The fourth-order valence-corrected chi connectivity index (χ4v) is 3.11. The Bertz CT molecular complexity index is 1360. The molecule has 10 heteroatoms. The Balaban J connectivity index is 1.65. The summed E-state index contributed by atoms with van der Waals surface area (Å²) in [5.41, 5.74) is 8.85. The van der Waals surface area contributed by atoms with Gasteiger partial charge in [-0.3, -0.25) is 5.10 Å². The van der Waals surface area contributed by atoms with E-state index in [0.29, 0.717) is 5.56 Å². The van der Waals surface area contributed by atoms with Crippen LogP contribution < -0.4 is 5.73 Å². The molecule has 0 unspecified atom stereocenters. The van der Waals surface area contributed by atoms with Gasteiger partial charge in [-0.2, -0.15) is 9.78 Å². The van der Waals surface area contributed by atoms with Crippen molar-refractivity contribution in [3.05, 3.63) is 66.5 Å². The predicted octanol–water partition coefficient (Wildman–Crippen LogP) is 3.13. The molecule has 29 heavy (non-hydrogen) atoms. The summed E-state index contributed by atoms with van der Waals surface area (Å²) in [6.07, 6.45) is 3.34. The number of nitrogen functional groups attached to an aromatic ring is 1. The van der Waals surface area contributed by atoms with Crippen molar-refractivity contribution in [2.45, 2.75) is 0 Å². The lowest BCUT2D eigenvalue weighted by Crippen LogP contribution is -2.06. The van der Waals surface area contributed by atoms with Crippen molar-refractivity contribution in [1.29, 1.82) is 0 Å². The molecule has 0 atom stereocenters. The van der Waals surface area contributed by atoms with Crippen LogP contribution in [0.2, 0.25) is 0 Å². The van der Waals surface area contributed by atoms with Crippen molar-refractivity contribution in [3.8, 4) is 28.2 Å². The lowest BCUT2D eigenvalue weighted by molar-refractivity contribution is 0.501. The molecule has 142 valence electrons. The number of pyridine rings is 1. The van der Waals surface area contributed by atoms with Crippen LogP contribution in [0.5, 0.6) is 0 Å². The average Bonchev–Trinajstić information content (AvgIpc) is 3.39. The molecule has 2 aromatic carbocycles. The van der Waals surface area contributed by atoms with Crippen LogP contribution in [0.3, 0.4) is 0 Å². The van der Waals surface area contributed by atoms with Gasteiger partial charge in [0.1, 0.15) is 11.5 Å². The normalized spacial score (nSPS) is 11.2. The van der Waals surface area contributed by atoms with Crippen molar-refractivity contribution < 1.29 is 8.78 Å². The summed E-state index contributed by atoms with van der Waals surface area (Å²) in [7, 11) is 0. The number of tetrazole rings is 1. The first kappa shape index (κ1) is 16.9. The minimum absolute atomic E-state index is 0.130. The molecular formula is C19H12F2N8. The van der Waals surface area contributed by atoms with Crippen LogP contribution in [0.25, 0.3) is 39.1 Å². The molecule has 0 amide bonds. The van der Waals surface area contributed by atoms with E-state index >= 15 is 0 Å². The molecule has 0 aliphatic rings. The highest BCUT2D eigenvalue weighted by Crippen LogP contribution is 2.31. The minimum atomic E-state index is -1.06. The van der Waals surface area contributed by atoms with E-state index in [2.05, 4.69) is 30.7 Å². The molecule has 0 radical (unpaired) electrons. The third kappa shape index (κ3) is 2.78. The van der Waals surface area contributed by atoms with E-state index in [1.165, 1.54) is 12.1 Å². The smallest absolute Gasteiger partial charge is 0.190 e. The summed E-state index contributed by atoms with van der Waals surface area (Å²) < 4.78 is 29.0. The van der Waals surface area contributed by atoms with Crippen LogP contribution in [0, 0.1) is 11.6 Å². The first-order valence-electron chi connectivity index (χ1n) is 8.54. The van der Waals surface area contributed by atoms with Gasteiger partial charge in [0, 0.05) is 17.1 Å². The van der Waals surface area contributed by atoms with Gasteiger partial charge >= 0.3 is 0 Å². The number of fused-ring (bicyclic) bond motifs is 1. The molecule has 0 bridgehead atoms. The zero-order valence-electron chi connectivity index (χ0n) is 14.7. The summed E-state index contributed by atoms with van der Waals surface area (Å²) >= 11 is 0. The van der Waals surface area contributed by atoms with E-state index in [1.807, 2.05) is 18.2 Å². The third-order valence-corrected chi connectivity index (χ3v) is 4.56. The number of benzene rings is 2. The van der Waals surface area contributed by atoms with Crippen molar-refractivity contribution in [2.75, 3.05) is 5.73 Å². The molecule has 0 spiro atoms. The van der Waals surface area contributed by atoms with Crippen LogP contribution in [0.4, 0.5) is 14.6 Å². The van der Waals surface area contributed by atoms with Gasteiger partial charge in [-0.1, -0.05) is 12.1 Å². The fourth-order valence-electron chi connectivity index (χ4n) is 3.11. The average molecular weight is 390 g/mol. The van der Waals surface area contributed by atoms with E-state index in [9.17, 15) is 8.78 Å². The van der Waals surface area contributed by atoms with Crippen molar-refractivity contribution >= 4 is 16.7 Å². The summed E-state index contributed by atoms with van der Waals surface area (Å²) in [6, 6.07) is 11.3. The highest BCUT2D eigenvalue weighted by Gasteiger charge is 2.19. The van der Waals surface area contributed by atoms with Crippen molar-refractivity contribution in [2.24, 2.45) is 0 Å². The Morgan fingerprint density at radius 2 is 1.90 bits per heavy atom. The van der Waals surface area contributed by atoms with E-state index in [4.69, 9.17) is 5.73 Å². The Kier molecular flexibility index (Phi) is 3.76. The van der Waals surface area contributed by atoms with E-state index in [1.54, 1.807) is 18.5 Å². The number of anilines is 1. The molecule has 0 fully saturated rings. The maximum Gasteiger partial charge on any atom is 0.190 e. The maximum absolute atomic E-state index is 14.3. The molecule has 0 saturated carbocycles. The zero-order valence-corrected chi connectivity index (χ0v) is 14.7. The molecular weight excluding hydrogens is 378 g/mol. The number of rotatable bonds is 3. The van der Waals surface area contributed by atoms with Crippen LogP contribution in [0.1, 0.15) is 0 Å². The second kappa shape index (κ2) is 6.44. The Labute approximate surface area is 162 Å². The number of hydrogen-bond acceptors (Lipinski definition) is 6. The molecule has 8 nitrogen and oxygen atoms in total. The fraction of sp³-hybridized carbons (Fsp3) is 0. The van der Waals surface area contributed by atoms with Crippen LogP contribution in [0.15, 0.2) is 54.9 Å². The number of nitrogens with zero attached hydrogens (tertiary/aromatic N) is 6. The predicted molar refractivity (Wildman–Crippen MR) is 102 cm³/mol. The van der Waals surface area contributed by atoms with Crippen molar-refractivity contribution in [3.63, 3.8) is 0 Å². The van der Waals surface area contributed by atoms with Gasteiger partial charge in [0.25, 0.3) is 0 Å². The lowest BCUT2D eigenvalue weighted by atomic mass is 10.0. The van der Waals surface area contributed by atoms with E-state index in [0.717, 1.165) is 32.8 Å². The van der Waals surface area contributed by atoms with Gasteiger partial charge in [0.05, 0.1) is 17.3 Å². The second-order valence-corrected chi connectivity index (χ2v) is 6.32. The second-order valence-electron chi connectivity index (χ2n) is 6.32. The van der Waals surface area contributed by atoms with Gasteiger partial charge in [0.15, 0.2) is 17.5 Å². The standard InChI is InChI=1S/C19H12F2N8/c20-14-2-1-3-16(17(14)21)29-19(26-27-28-29)13-7-11(8-23-18(13)22)10-4-5-15-12(6-10)9-24-25-15/h1-9H,(H2,22,23)(H,24,25). The number of aromatic amines is 1. The van der Waals surface area contributed by atoms with Gasteiger partial charge in [-0.25, -0.2) is 13.8 Å². The van der Waals surface area contributed by atoms with Crippen molar-refractivity contribution in [1.82, 2.24) is 35.4 Å². The molecule has 5 rings (SSSR count). The maximum atomic E-state index is 14.3. The minimum Gasteiger partial charge on any atom is -0.383 e. The SMILES string of the molecule is Nc1ncc(-c2ccc3[nH]ncc3c2)cc1-c1nnnn1-c1cccc(F)c1F. The molecule has 3 N–H and O–H groups in total. The van der Waals surface area contributed by atoms with Crippen LogP contribution in [-0.4, -0.2) is 35.4 Å². The van der Waals surface area contributed by atoms with Gasteiger partial charge in [0.2, 0.25) is 0 Å². The summed E-state index contributed by atoms with van der Waals surface area (Å²) in [6.45, 7) is 0. The quantitative estimate of drug-likeness (QED) is 0.490. The lowest BCUT2D eigenvalue weighted by Gasteiger charge is -2.10. The van der Waals surface area contributed by atoms with Gasteiger partial charge < -0.3 is 5.73 Å². The monoisotopic (exact) mass is 390 g/mol. The number of nitrogens with one attached hydrogen (secondary N) is 1. The molecule has 3 aromatic heterocycles. The number of H-pyrrole nitrogens is 1. The molecule has 3 heterocycles.